The molecule has 0 fully saturated rings. The first-order chi connectivity index (χ1) is 8.81. The van der Waals surface area contributed by atoms with Crippen molar-refractivity contribution in [2.24, 2.45) is 5.73 Å². The van der Waals surface area contributed by atoms with Crippen molar-refractivity contribution in [3.8, 4) is 0 Å². The number of rotatable bonds is 1. The number of hydrogen-bond acceptors (Lipinski definition) is 3. The van der Waals surface area contributed by atoms with E-state index in [0.29, 0.717) is 13.1 Å². The van der Waals surface area contributed by atoms with E-state index < -0.39 is 5.60 Å². The maximum absolute atomic E-state index is 12.2. The van der Waals surface area contributed by atoms with Crippen molar-refractivity contribution in [2.45, 2.75) is 52.4 Å². The Balaban J connectivity index is 2.19. The van der Waals surface area contributed by atoms with E-state index >= 15 is 0 Å². The number of nitrogens with two attached hydrogens (primary N) is 1. The standard InChI is InChI=1S/C15H22N2O2/c1-10-13-7-11(8-16)5-6-12(13)9-17(10)14(18)19-15(2,3)4/h5-7,10H,8-9,16H2,1-4H3. The highest BCUT2D eigenvalue weighted by Crippen LogP contribution is 2.34. The van der Waals surface area contributed by atoms with E-state index in [0.717, 1.165) is 5.56 Å². The Morgan fingerprint density at radius 1 is 1.47 bits per heavy atom. The number of fused-ring (bicyclic) bond motifs is 1. The summed E-state index contributed by atoms with van der Waals surface area (Å²) in [6.45, 7) is 8.79. The summed E-state index contributed by atoms with van der Waals surface area (Å²) in [5.41, 5.74) is 8.64. The Morgan fingerprint density at radius 2 is 2.16 bits per heavy atom. The highest BCUT2D eigenvalue weighted by Gasteiger charge is 2.33. The van der Waals surface area contributed by atoms with Crippen molar-refractivity contribution >= 4 is 6.09 Å². The van der Waals surface area contributed by atoms with Gasteiger partial charge in [0.05, 0.1) is 6.04 Å². The third kappa shape index (κ3) is 2.89. The second-order valence-electron chi connectivity index (χ2n) is 6.02. The fourth-order valence-electron chi connectivity index (χ4n) is 2.34. The Kier molecular flexibility index (Phi) is 3.54. The van der Waals surface area contributed by atoms with Crippen LogP contribution in [-0.2, 0) is 17.8 Å². The molecule has 2 N–H and O–H groups in total. The smallest absolute Gasteiger partial charge is 0.411 e. The normalized spacial score (nSPS) is 18.4. The first-order valence-electron chi connectivity index (χ1n) is 6.63. The van der Waals surface area contributed by atoms with Crippen molar-refractivity contribution in [1.82, 2.24) is 4.90 Å². The molecule has 1 aliphatic rings. The lowest BCUT2D eigenvalue weighted by molar-refractivity contribution is 0.0187. The largest absolute Gasteiger partial charge is 0.444 e. The summed E-state index contributed by atoms with van der Waals surface area (Å²) in [5, 5.41) is 0. The molecule has 1 unspecified atom stereocenters. The van der Waals surface area contributed by atoms with Crippen LogP contribution in [0.2, 0.25) is 0 Å². The lowest BCUT2D eigenvalue weighted by atomic mass is 10.0. The van der Waals surface area contributed by atoms with Crippen molar-refractivity contribution in [3.63, 3.8) is 0 Å². The zero-order chi connectivity index (χ0) is 14.2. The van der Waals surface area contributed by atoms with E-state index in [-0.39, 0.29) is 12.1 Å². The molecule has 4 nitrogen and oxygen atoms in total. The number of carbonyl (C=O) groups excluding carboxylic acids is 1. The predicted molar refractivity (Wildman–Crippen MR) is 74.5 cm³/mol. The molecule has 1 atom stereocenters. The minimum atomic E-state index is -0.464. The van der Waals surface area contributed by atoms with Crippen LogP contribution in [0, 0.1) is 0 Å². The fourth-order valence-corrected chi connectivity index (χ4v) is 2.34. The molecule has 0 saturated heterocycles. The van der Waals surface area contributed by atoms with E-state index in [2.05, 4.69) is 12.1 Å². The first kappa shape index (κ1) is 13.9. The summed E-state index contributed by atoms with van der Waals surface area (Å²) in [4.78, 5) is 13.9. The van der Waals surface area contributed by atoms with Crippen molar-refractivity contribution in [2.75, 3.05) is 0 Å². The van der Waals surface area contributed by atoms with Gasteiger partial charge in [-0.1, -0.05) is 18.2 Å². The molecule has 1 aromatic rings. The highest BCUT2D eigenvalue weighted by atomic mass is 16.6. The quantitative estimate of drug-likeness (QED) is 0.846. The molecule has 1 aromatic carbocycles. The Bertz CT molecular complexity index is 491. The van der Waals surface area contributed by atoms with Crippen molar-refractivity contribution in [1.29, 1.82) is 0 Å². The summed E-state index contributed by atoms with van der Waals surface area (Å²) in [6, 6.07) is 6.20. The Morgan fingerprint density at radius 3 is 2.74 bits per heavy atom. The molecular formula is C15H22N2O2. The summed E-state index contributed by atoms with van der Waals surface area (Å²) in [7, 11) is 0. The van der Waals surface area contributed by atoms with Gasteiger partial charge in [0.25, 0.3) is 0 Å². The summed E-state index contributed by atoms with van der Waals surface area (Å²) in [6.07, 6.45) is -0.259. The second kappa shape index (κ2) is 4.85. The van der Waals surface area contributed by atoms with Crippen LogP contribution in [-0.4, -0.2) is 16.6 Å². The SMILES string of the molecule is CC1c2cc(CN)ccc2CN1C(=O)OC(C)(C)C. The average Bonchev–Trinajstić information content (AvgIpc) is 2.64. The van der Waals surface area contributed by atoms with Crippen LogP contribution >= 0.6 is 0 Å². The number of hydrogen-bond donors (Lipinski definition) is 1. The molecule has 0 aliphatic carbocycles. The third-order valence-corrected chi connectivity index (χ3v) is 3.33. The molecule has 0 saturated carbocycles. The van der Waals surface area contributed by atoms with Gasteiger partial charge < -0.3 is 10.5 Å². The van der Waals surface area contributed by atoms with Gasteiger partial charge in [-0.05, 0) is 44.4 Å². The maximum atomic E-state index is 12.2. The van der Waals surface area contributed by atoms with Gasteiger partial charge in [-0.15, -0.1) is 0 Å². The fraction of sp³-hybridized carbons (Fsp3) is 0.533. The Labute approximate surface area is 114 Å². The molecule has 104 valence electrons. The minimum Gasteiger partial charge on any atom is -0.444 e. The third-order valence-electron chi connectivity index (χ3n) is 3.33. The lowest BCUT2D eigenvalue weighted by Crippen LogP contribution is -2.34. The molecule has 19 heavy (non-hydrogen) atoms. The van der Waals surface area contributed by atoms with Gasteiger partial charge in [0.2, 0.25) is 0 Å². The molecule has 0 bridgehead atoms. The zero-order valence-electron chi connectivity index (χ0n) is 12.1. The first-order valence-corrected chi connectivity index (χ1v) is 6.63. The molecule has 2 rings (SSSR count). The Hall–Kier alpha value is -1.55. The van der Waals surface area contributed by atoms with Crippen LogP contribution < -0.4 is 5.73 Å². The second-order valence-corrected chi connectivity index (χ2v) is 6.02. The number of benzene rings is 1. The van der Waals surface area contributed by atoms with E-state index in [1.54, 1.807) is 4.90 Å². The summed E-state index contributed by atoms with van der Waals surface area (Å²) >= 11 is 0. The van der Waals surface area contributed by atoms with E-state index in [4.69, 9.17) is 10.5 Å². The summed E-state index contributed by atoms with van der Waals surface area (Å²) < 4.78 is 5.44. The minimum absolute atomic E-state index is 0.0383. The van der Waals surface area contributed by atoms with Gasteiger partial charge in [-0.25, -0.2) is 4.79 Å². The molecule has 0 radical (unpaired) electrons. The van der Waals surface area contributed by atoms with Gasteiger partial charge in [-0.3, -0.25) is 4.90 Å². The van der Waals surface area contributed by atoms with Crippen LogP contribution in [0.25, 0.3) is 0 Å². The van der Waals surface area contributed by atoms with E-state index in [9.17, 15) is 4.79 Å². The van der Waals surface area contributed by atoms with Crippen molar-refractivity contribution < 1.29 is 9.53 Å². The van der Waals surface area contributed by atoms with Gasteiger partial charge in [0, 0.05) is 13.1 Å². The lowest BCUT2D eigenvalue weighted by Gasteiger charge is -2.27. The maximum Gasteiger partial charge on any atom is 0.411 e. The molecule has 4 heteroatoms. The topological polar surface area (TPSA) is 55.6 Å². The van der Waals surface area contributed by atoms with E-state index in [1.165, 1.54) is 11.1 Å². The van der Waals surface area contributed by atoms with Crippen LogP contribution in [0.3, 0.4) is 0 Å². The number of nitrogens with zero attached hydrogens (tertiary/aromatic N) is 1. The number of amides is 1. The summed E-state index contributed by atoms with van der Waals surface area (Å²) in [5.74, 6) is 0. The zero-order valence-corrected chi connectivity index (χ0v) is 12.1. The molecule has 1 amide bonds. The van der Waals surface area contributed by atoms with Gasteiger partial charge >= 0.3 is 6.09 Å². The highest BCUT2D eigenvalue weighted by molar-refractivity contribution is 5.70. The predicted octanol–water partition coefficient (Wildman–Crippen LogP) is 2.96. The van der Waals surface area contributed by atoms with Gasteiger partial charge in [0.15, 0.2) is 0 Å². The molecule has 0 aromatic heterocycles. The van der Waals surface area contributed by atoms with Crippen molar-refractivity contribution in [3.05, 3.63) is 34.9 Å². The van der Waals surface area contributed by atoms with Crippen LogP contribution in [0.1, 0.15) is 50.4 Å². The number of ether oxygens (including phenoxy) is 1. The van der Waals surface area contributed by atoms with Crippen LogP contribution in [0.4, 0.5) is 4.79 Å². The van der Waals surface area contributed by atoms with Crippen LogP contribution in [0.5, 0.6) is 0 Å². The van der Waals surface area contributed by atoms with Crippen LogP contribution in [0.15, 0.2) is 18.2 Å². The van der Waals surface area contributed by atoms with E-state index in [1.807, 2.05) is 33.8 Å². The molecule has 0 spiro atoms. The monoisotopic (exact) mass is 262 g/mol. The molecule has 1 aliphatic heterocycles. The number of carbonyl (C=O) groups is 1. The molecular weight excluding hydrogens is 240 g/mol. The van der Waals surface area contributed by atoms with Gasteiger partial charge in [-0.2, -0.15) is 0 Å². The molecule has 1 heterocycles. The van der Waals surface area contributed by atoms with Gasteiger partial charge in [0.1, 0.15) is 5.60 Å². The average molecular weight is 262 g/mol.